The van der Waals surface area contributed by atoms with E-state index in [-0.39, 0.29) is 0 Å². The van der Waals surface area contributed by atoms with Crippen LogP contribution in [0.3, 0.4) is 0 Å². The number of nitrogens with one attached hydrogen (secondary N) is 1. The molecule has 0 spiro atoms. The second-order valence-corrected chi connectivity index (χ2v) is 5.74. The van der Waals surface area contributed by atoms with E-state index in [0.29, 0.717) is 11.5 Å². The molecule has 1 N–H and O–H groups in total. The van der Waals surface area contributed by atoms with Gasteiger partial charge < -0.3 is 10.2 Å². The van der Waals surface area contributed by atoms with Crippen molar-refractivity contribution in [3.8, 4) is 0 Å². The number of piperidine rings is 1. The lowest BCUT2D eigenvalue weighted by molar-refractivity contribution is 0.122. The molecule has 0 aliphatic carbocycles. The third-order valence-corrected chi connectivity index (χ3v) is 3.73. The number of nitrogens with zero attached hydrogens (tertiary/aromatic N) is 1. The first kappa shape index (κ1) is 13.0. The van der Waals surface area contributed by atoms with E-state index < -0.39 is 0 Å². The van der Waals surface area contributed by atoms with Gasteiger partial charge in [0.15, 0.2) is 0 Å². The van der Waals surface area contributed by atoms with Gasteiger partial charge in [-0.2, -0.15) is 0 Å². The Hall–Kier alpha value is -0.0800. The van der Waals surface area contributed by atoms with E-state index in [9.17, 15) is 0 Å². The fourth-order valence-electron chi connectivity index (χ4n) is 2.33. The Balaban J connectivity index is 2.28. The summed E-state index contributed by atoms with van der Waals surface area (Å²) in [5.74, 6) is 0. The van der Waals surface area contributed by atoms with Crippen molar-refractivity contribution in [1.82, 2.24) is 10.2 Å². The lowest BCUT2D eigenvalue weighted by atomic mass is 9.82. The number of rotatable bonds is 5. The summed E-state index contributed by atoms with van der Waals surface area (Å²) >= 11 is 0. The molecule has 90 valence electrons. The highest BCUT2D eigenvalue weighted by atomic mass is 15.2. The number of hydrogen-bond donors (Lipinski definition) is 1. The maximum atomic E-state index is 3.43. The first-order chi connectivity index (χ1) is 7.07. The second-order valence-electron chi connectivity index (χ2n) is 5.74. The molecule has 1 heterocycles. The molecule has 1 saturated heterocycles. The Morgan fingerprint density at radius 1 is 1.27 bits per heavy atom. The molecule has 0 bridgehead atoms. The molecule has 1 aliphatic rings. The molecule has 2 nitrogen and oxygen atoms in total. The molecule has 1 unspecified atom stereocenters. The van der Waals surface area contributed by atoms with Crippen LogP contribution in [0.4, 0.5) is 0 Å². The molecule has 1 aliphatic heterocycles. The Morgan fingerprint density at radius 2 is 1.87 bits per heavy atom. The SMILES string of the molecule is CCCC(CN1CCC(C)(C)CC1)NC. The molecule has 1 rings (SSSR count). The van der Waals surface area contributed by atoms with Gasteiger partial charge in [-0.3, -0.25) is 0 Å². The van der Waals surface area contributed by atoms with Crippen LogP contribution in [0, 0.1) is 5.41 Å². The number of likely N-dealkylation sites (N-methyl/N-ethyl adjacent to an activating group) is 1. The van der Waals surface area contributed by atoms with Gasteiger partial charge in [0.25, 0.3) is 0 Å². The van der Waals surface area contributed by atoms with Gasteiger partial charge in [0.2, 0.25) is 0 Å². The van der Waals surface area contributed by atoms with Gasteiger partial charge in [-0.15, -0.1) is 0 Å². The Morgan fingerprint density at radius 3 is 2.33 bits per heavy atom. The van der Waals surface area contributed by atoms with Gasteiger partial charge >= 0.3 is 0 Å². The standard InChI is InChI=1S/C13H28N2/c1-5-6-12(14-4)11-15-9-7-13(2,3)8-10-15/h12,14H,5-11H2,1-4H3. The van der Waals surface area contributed by atoms with Gasteiger partial charge in [-0.25, -0.2) is 0 Å². The number of hydrogen-bond acceptors (Lipinski definition) is 2. The topological polar surface area (TPSA) is 15.3 Å². The molecule has 1 fully saturated rings. The first-order valence-electron chi connectivity index (χ1n) is 6.47. The van der Waals surface area contributed by atoms with Crippen LogP contribution in [-0.2, 0) is 0 Å². The predicted molar refractivity (Wildman–Crippen MR) is 67.2 cm³/mol. The van der Waals surface area contributed by atoms with Crippen LogP contribution in [-0.4, -0.2) is 37.6 Å². The molecule has 0 aromatic rings. The first-order valence-corrected chi connectivity index (χ1v) is 6.47. The molecule has 2 heteroatoms. The van der Waals surface area contributed by atoms with E-state index in [4.69, 9.17) is 0 Å². The van der Waals surface area contributed by atoms with Crippen LogP contribution in [0.5, 0.6) is 0 Å². The normalized spacial score (nSPS) is 24.0. The van der Waals surface area contributed by atoms with Gasteiger partial charge in [-0.1, -0.05) is 27.2 Å². The molecule has 1 atom stereocenters. The van der Waals surface area contributed by atoms with Crippen molar-refractivity contribution in [3.05, 3.63) is 0 Å². The fourth-order valence-corrected chi connectivity index (χ4v) is 2.33. The third-order valence-electron chi connectivity index (χ3n) is 3.73. The van der Waals surface area contributed by atoms with Gasteiger partial charge in [0, 0.05) is 12.6 Å². The average Bonchev–Trinajstić information content (AvgIpc) is 2.20. The lowest BCUT2D eigenvalue weighted by Crippen LogP contribution is -2.44. The Kier molecular flexibility index (Phi) is 5.07. The highest BCUT2D eigenvalue weighted by Gasteiger charge is 2.25. The second kappa shape index (κ2) is 5.86. The van der Waals surface area contributed by atoms with Crippen molar-refractivity contribution in [2.75, 3.05) is 26.7 Å². The maximum absolute atomic E-state index is 3.43. The predicted octanol–water partition coefficient (Wildman–Crippen LogP) is 2.50. The summed E-state index contributed by atoms with van der Waals surface area (Å²) in [7, 11) is 2.09. The number of likely N-dealkylation sites (tertiary alicyclic amines) is 1. The van der Waals surface area contributed by atoms with Crippen molar-refractivity contribution in [3.63, 3.8) is 0 Å². The Bertz CT molecular complexity index is 167. The van der Waals surface area contributed by atoms with E-state index in [2.05, 4.69) is 38.0 Å². The largest absolute Gasteiger partial charge is 0.316 e. The van der Waals surface area contributed by atoms with Crippen LogP contribution < -0.4 is 5.32 Å². The zero-order valence-electron chi connectivity index (χ0n) is 11.0. The summed E-state index contributed by atoms with van der Waals surface area (Å²) in [4.78, 5) is 2.63. The van der Waals surface area contributed by atoms with E-state index in [1.807, 2.05) is 0 Å². The summed E-state index contributed by atoms with van der Waals surface area (Å²) in [5, 5.41) is 3.43. The third kappa shape index (κ3) is 4.52. The van der Waals surface area contributed by atoms with Crippen molar-refractivity contribution in [1.29, 1.82) is 0 Å². The molecular weight excluding hydrogens is 184 g/mol. The van der Waals surface area contributed by atoms with E-state index in [1.165, 1.54) is 45.3 Å². The lowest BCUT2D eigenvalue weighted by Gasteiger charge is -2.38. The monoisotopic (exact) mass is 212 g/mol. The van der Waals surface area contributed by atoms with Crippen molar-refractivity contribution in [2.45, 2.75) is 52.5 Å². The highest BCUT2D eigenvalue weighted by Crippen LogP contribution is 2.29. The zero-order chi connectivity index (χ0) is 11.3. The molecule has 0 aromatic carbocycles. The zero-order valence-corrected chi connectivity index (χ0v) is 11.0. The molecule has 0 saturated carbocycles. The molecular formula is C13H28N2. The summed E-state index contributed by atoms with van der Waals surface area (Å²) in [6, 6.07) is 0.691. The minimum Gasteiger partial charge on any atom is -0.316 e. The van der Waals surface area contributed by atoms with Crippen LogP contribution >= 0.6 is 0 Å². The van der Waals surface area contributed by atoms with Crippen molar-refractivity contribution < 1.29 is 0 Å². The van der Waals surface area contributed by atoms with Gasteiger partial charge in [0.1, 0.15) is 0 Å². The molecule has 0 radical (unpaired) electrons. The summed E-state index contributed by atoms with van der Waals surface area (Å²) in [5.41, 5.74) is 0.580. The van der Waals surface area contributed by atoms with Crippen molar-refractivity contribution >= 4 is 0 Å². The van der Waals surface area contributed by atoms with E-state index in [0.717, 1.165) is 0 Å². The summed E-state index contributed by atoms with van der Waals surface area (Å²) in [6.07, 6.45) is 5.30. The fraction of sp³-hybridized carbons (Fsp3) is 1.00. The maximum Gasteiger partial charge on any atom is 0.0191 e. The average molecular weight is 212 g/mol. The van der Waals surface area contributed by atoms with Crippen LogP contribution in [0.15, 0.2) is 0 Å². The van der Waals surface area contributed by atoms with Crippen LogP contribution in [0.25, 0.3) is 0 Å². The van der Waals surface area contributed by atoms with Crippen LogP contribution in [0.1, 0.15) is 46.5 Å². The highest BCUT2D eigenvalue weighted by molar-refractivity contribution is 4.80. The minimum absolute atomic E-state index is 0.580. The summed E-state index contributed by atoms with van der Waals surface area (Å²) < 4.78 is 0. The molecule has 0 aromatic heterocycles. The van der Waals surface area contributed by atoms with Crippen LogP contribution in [0.2, 0.25) is 0 Å². The van der Waals surface area contributed by atoms with E-state index >= 15 is 0 Å². The molecule has 0 amide bonds. The minimum atomic E-state index is 0.580. The van der Waals surface area contributed by atoms with E-state index in [1.54, 1.807) is 0 Å². The summed E-state index contributed by atoms with van der Waals surface area (Å²) in [6.45, 7) is 10.9. The van der Waals surface area contributed by atoms with Gasteiger partial charge in [0.05, 0.1) is 0 Å². The quantitative estimate of drug-likeness (QED) is 0.753. The van der Waals surface area contributed by atoms with Gasteiger partial charge in [-0.05, 0) is 44.8 Å². The molecule has 15 heavy (non-hydrogen) atoms. The Labute approximate surface area is 95.4 Å². The smallest absolute Gasteiger partial charge is 0.0191 e. The van der Waals surface area contributed by atoms with Crippen molar-refractivity contribution in [2.24, 2.45) is 5.41 Å².